The number of imidazole rings is 1. The van der Waals surface area contributed by atoms with Gasteiger partial charge in [0.25, 0.3) is 0 Å². The van der Waals surface area contributed by atoms with Gasteiger partial charge in [0.1, 0.15) is 5.52 Å². The maximum atomic E-state index is 12.1. The van der Waals surface area contributed by atoms with Gasteiger partial charge in [-0.3, -0.25) is 4.57 Å². The van der Waals surface area contributed by atoms with Crippen LogP contribution in [-0.4, -0.2) is 20.7 Å². The van der Waals surface area contributed by atoms with Gasteiger partial charge in [0.15, 0.2) is 5.65 Å². The van der Waals surface area contributed by atoms with Gasteiger partial charge in [-0.2, -0.15) is 13.2 Å². The van der Waals surface area contributed by atoms with Crippen molar-refractivity contribution in [1.29, 1.82) is 0 Å². The van der Waals surface area contributed by atoms with Crippen LogP contribution in [0.2, 0.25) is 0 Å². The van der Waals surface area contributed by atoms with Gasteiger partial charge >= 0.3 is 6.18 Å². The number of aryl methyl sites for hydroxylation is 1. The van der Waals surface area contributed by atoms with Crippen LogP contribution < -0.4 is 5.73 Å². The van der Waals surface area contributed by atoms with Crippen LogP contribution in [0.3, 0.4) is 0 Å². The molecule has 4 nitrogen and oxygen atoms in total. The number of nitrogens with zero attached hydrogens (tertiary/aromatic N) is 3. The molecule has 0 unspecified atom stereocenters. The fourth-order valence-corrected chi connectivity index (χ4v) is 1.78. The predicted octanol–water partition coefficient (Wildman–Crippen LogP) is 2.73. The van der Waals surface area contributed by atoms with Crippen molar-refractivity contribution >= 4 is 33.0 Å². The molecule has 0 bridgehead atoms. The number of fused-ring (bicyclic) bond motifs is 1. The zero-order valence-electron chi connectivity index (χ0n) is 8.50. The second-order valence-corrected chi connectivity index (χ2v) is 4.40. The van der Waals surface area contributed by atoms with E-state index in [0.29, 0.717) is 15.6 Å². The fourth-order valence-electron chi connectivity index (χ4n) is 1.46. The highest BCUT2D eigenvalue weighted by Crippen LogP contribution is 2.24. The van der Waals surface area contributed by atoms with Crippen molar-refractivity contribution in [3.8, 4) is 0 Å². The van der Waals surface area contributed by atoms with Gasteiger partial charge in [-0.15, -0.1) is 0 Å². The average Bonchev–Trinajstić information content (AvgIpc) is 2.48. The van der Waals surface area contributed by atoms with Crippen LogP contribution in [0, 0.1) is 0 Å². The molecule has 2 heterocycles. The van der Waals surface area contributed by atoms with E-state index in [1.165, 1.54) is 10.8 Å². The Kier molecular flexibility index (Phi) is 2.98. The average molecular weight is 309 g/mol. The Bertz CT molecular complexity index is 549. The number of alkyl halides is 3. The third-order valence-electron chi connectivity index (χ3n) is 2.20. The number of hydrogen-bond donors (Lipinski definition) is 1. The molecule has 0 radical (unpaired) electrons. The van der Waals surface area contributed by atoms with E-state index in [1.54, 1.807) is 6.07 Å². The SMILES string of the molecule is Nc1nc2cc(Br)cnc2n1CCC(F)(F)F. The summed E-state index contributed by atoms with van der Waals surface area (Å²) in [6, 6.07) is 1.66. The minimum Gasteiger partial charge on any atom is -0.369 e. The van der Waals surface area contributed by atoms with Crippen molar-refractivity contribution in [2.24, 2.45) is 0 Å². The summed E-state index contributed by atoms with van der Waals surface area (Å²) >= 11 is 3.20. The van der Waals surface area contributed by atoms with Crippen LogP contribution in [-0.2, 0) is 6.54 Å². The maximum Gasteiger partial charge on any atom is 0.390 e. The Morgan fingerprint density at radius 2 is 2.12 bits per heavy atom. The molecule has 2 aromatic heterocycles. The van der Waals surface area contributed by atoms with E-state index < -0.39 is 12.6 Å². The van der Waals surface area contributed by atoms with E-state index in [4.69, 9.17) is 5.73 Å². The third-order valence-corrected chi connectivity index (χ3v) is 2.63. The molecular weight excluding hydrogens is 301 g/mol. The van der Waals surface area contributed by atoms with Crippen molar-refractivity contribution in [2.75, 3.05) is 5.73 Å². The Morgan fingerprint density at radius 3 is 2.76 bits per heavy atom. The highest BCUT2D eigenvalue weighted by atomic mass is 79.9. The van der Waals surface area contributed by atoms with E-state index in [2.05, 4.69) is 25.9 Å². The second-order valence-electron chi connectivity index (χ2n) is 3.48. The summed E-state index contributed by atoms with van der Waals surface area (Å²) in [6.07, 6.45) is -3.69. The fraction of sp³-hybridized carbons (Fsp3) is 0.333. The molecule has 0 fully saturated rings. The lowest BCUT2D eigenvalue weighted by Crippen LogP contribution is -2.13. The van der Waals surface area contributed by atoms with Crippen LogP contribution in [0.15, 0.2) is 16.7 Å². The van der Waals surface area contributed by atoms with Gasteiger partial charge in [0.2, 0.25) is 5.95 Å². The Hall–Kier alpha value is -1.31. The second kappa shape index (κ2) is 4.17. The summed E-state index contributed by atoms with van der Waals surface area (Å²) in [6.45, 7) is -0.277. The number of nitrogen functional groups attached to an aromatic ring is 1. The molecule has 0 amide bonds. The Balaban J connectivity index is 2.36. The lowest BCUT2D eigenvalue weighted by molar-refractivity contribution is -0.136. The van der Waals surface area contributed by atoms with E-state index in [1.807, 2.05) is 0 Å². The molecule has 0 aliphatic carbocycles. The molecule has 0 atom stereocenters. The summed E-state index contributed by atoms with van der Waals surface area (Å²) in [5.41, 5.74) is 6.39. The quantitative estimate of drug-likeness (QED) is 0.928. The molecule has 0 saturated heterocycles. The van der Waals surface area contributed by atoms with Crippen LogP contribution >= 0.6 is 15.9 Å². The number of halogens is 4. The maximum absolute atomic E-state index is 12.1. The Morgan fingerprint density at radius 1 is 1.41 bits per heavy atom. The van der Waals surface area contributed by atoms with E-state index >= 15 is 0 Å². The summed E-state index contributed by atoms with van der Waals surface area (Å²) in [5, 5.41) is 0. The van der Waals surface area contributed by atoms with Crippen LogP contribution in [0.25, 0.3) is 11.2 Å². The highest BCUT2D eigenvalue weighted by molar-refractivity contribution is 9.10. The van der Waals surface area contributed by atoms with Crippen molar-refractivity contribution in [3.05, 3.63) is 16.7 Å². The van der Waals surface area contributed by atoms with E-state index in [-0.39, 0.29) is 12.5 Å². The first kappa shape index (κ1) is 12.2. The topological polar surface area (TPSA) is 56.7 Å². The summed E-state index contributed by atoms with van der Waals surface area (Å²) in [4.78, 5) is 7.96. The number of aromatic nitrogens is 3. The number of hydrogen-bond acceptors (Lipinski definition) is 3. The van der Waals surface area contributed by atoms with Crippen molar-refractivity contribution in [2.45, 2.75) is 19.1 Å². The zero-order valence-corrected chi connectivity index (χ0v) is 10.1. The molecule has 2 N–H and O–H groups in total. The highest BCUT2D eigenvalue weighted by Gasteiger charge is 2.27. The number of nitrogens with two attached hydrogens (primary N) is 1. The summed E-state index contributed by atoms with van der Waals surface area (Å²) < 4.78 is 38.4. The van der Waals surface area contributed by atoms with Crippen molar-refractivity contribution in [1.82, 2.24) is 14.5 Å². The first-order chi connectivity index (χ1) is 7.87. The van der Waals surface area contributed by atoms with Gasteiger partial charge in [-0.05, 0) is 22.0 Å². The van der Waals surface area contributed by atoms with E-state index in [0.717, 1.165) is 0 Å². The van der Waals surface area contributed by atoms with Gasteiger partial charge < -0.3 is 5.73 Å². The molecular formula is C9H8BrF3N4. The molecule has 0 aromatic carbocycles. The van der Waals surface area contributed by atoms with Gasteiger partial charge in [-0.25, -0.2) is 9.97 Å². The monoisotopic (exact) mass is 308 g/mol. The Labute approximate surface area is 103 Å². The van der Waals surface area contributed by atoms with Crippen LogP contribution in [0.1, 0.15) is 6.42 Å². The van der Waals surface area contributed by atoms with Gasteiger partial charge in [0, 0.05) is 17.2 Å². The zero-order chi connectivity index (χ0) is 12.6. The molecule has 2 rings (SSSR count). The molecule has 92 valence electrons. The molecule has 2 aromatic rings. The molecule has 0 spiro atoms. The number of rotatable bonds is 2. The first-order valence-corrected chi connectivity index (χ1v) is 5.50. The minimum absolute atomic E-state index is 0.0369. The van der Waals surface area contributed by atoms with E-state index in [9.17, 15) is 13.2 Å². The van der Waals surface area contributed by atoms with Crippen molar-refractivity contribution in [3.63, 3.8) is 0 Å². The lowest BCUT2D eigenvalue weighted by atomic mass is 10.4. The molecule has 8 heteroatoms. The summed E-state index contributed by atoms with van der Waals surface area (Å²) in [7, 11) is 0. The third kappa shape index (κ3) is 2.68. The lowest BCUT2D eigenvalue weighted by Gasteiger charge is -2.08. The minimum atomic E-state index is -4.22. The molecule has 0 saturated carbocycles. The molecule has 0 aliphatic rings. The predicted molar refractivity (Wildman–Crippen MR) is 60.3 cm³/mol. The van der Waals surface area contributed by atoms with Gasteiger partial charge in [-0.1, -0.05) is 0 Å². The van der Waals surface area contributed by atoms with Crippen LogP contribution in [0.5, 0.6) is 0 Å². The number of anilines is 1. The standard InChI is InChI=1S/C9H8BrF3N4/c10-5-3-6-7(15-4-5)17(8(14)16-6)2-1-9(11,12)13/h3-4H,1-2H2,(H2,14,16). The normalized spacial score (nSPS) is 12.2. The smallest absolute Gasteiger partial charge is 0.369 e. The van der Waals surface area contributed by atoms with Crippen molar-refractivity contribution < 1.29 is 13.2 Å². The largest absolute Gasteiger partial charge is 0.390 e. The molecule has 0 aliphatic heterocycles. The molecule has 17 heavy (non-hydrogen) atoms. The van der Waals surface area contributed by atoms with Crippen LogP contribution in [0.4, 0.5) is 19.1 Å². The summed E-state index contributed by atoms with van der Waals surface area (Å²) in [5.74, 6) is 0.0369. The number of pyridine rings is 1. The first-order valence-electron chi connectivity index (χ1n) is 4.71. The van der Waals surface area contributed by atoms with Gasteiger partial charge in [0.05, 0.1) is 6.42 Å².